The van der Waals surface area contributed by atoms with Gasteiger partial charge in [-0.1, -0.05) is 30.7 Å². The highest BCUT2D eigenvalue weighted by Crippen LogP contribution is 2.13. The Morgan fingerprint density at radius 2 is 2.16 bits per heavy atom. The maximum Gasteiger partial charge on any atom is 0.326 e. The van der Waals surface area contributed by atoms with Crippen molar-refractivity contribution in [3.63, 3.8) is 0 Å². The van der Waals surface area contributed by atoms with Gasteiger partial charge in [0.25, 0.3) is 0 Å². The Morgan fingerprint density at radius 3 is 2.74 bits per heavy atom. The number of carbonyl (C=O) groups is 2. The second kappa shape index (κ2) is 7.79. The fourth-order valence-electron chi connectivity index (χ4n) is 1.75. The third-order valence-electron chi connectivity index (χ3n) is 2.72. The van der Waals surface area contributed by atoms with Gasteiger partial charge in [0.2, 0.25) is 5.91 Å². The monoisotopic (exact) mass is 283 g/mol. The van der Waals surface area contributed by atoms with E-state index in [2.05, 4.69) is 5.32 Å². The van der Waals surface area contributed by atoms with Gasteiger partial charge < -0.3 is 10.4 Å². The highest BCUT2D eigenvalue weighted by molar-refractivity contribution is 6.30. The standard InChI is InChI=1S/C14H18ClNO3/c1-2-4-13(17)16-12(14(18)19)8-7-10-5-3-6-11(15)9-10/h3,5-6,9,12H,2,4,7-8H2,1H3,(H,16,17)(H,18,19)/t12-/m0/s1. The van der Waals surface area contributed by atoms with Crippen molar-refractivity contribution in [2.45, 2.75) is 38.6 Å². The second-order valence-corrected chi connectivity index (χ2v) is 4.81. The van der Waals surface area contributed by atoms with E-state index in [1.54, 1.807) is 12.1 Å². The molecular weight excluding hydrogens is 266 g/mol. The average molecular weight is 284 g/mol. The van der Waals surface area contributed by atoms with Gasteiger partial charge in [-0.05, 0) is 37.0 Å². The molecule has 0 unspecified atom stereocenters. The van der Waals surface area contributed by atoms with E-state index >= 15 is 0 Å². The van der Waals surface area contributed by atoms with Gasteiger partial charge >= 0.3 is 5.97 Å². The highest BCUT2D eigenvalue weighted by Gasteiger charge is 2.19. The molecule has 2 N–H and O–H groups in total. The summed E-state index contributed by atoms with van der Waals surface area (Å²) in [6.07, 6.45) is 1.96. The molecule has 0 saturated carbocycles. The Hall–Kier alpha value is -1.55. The predicted molar refractivity (Wildman–Crippen MR) is 74.2 cm³/mol. The van der Waals surface area contributed by atoms with Crippen LogP contribution in [0.1, 0.15) is 31.7 Å². The van der Waals surface area contributed by atoms with Crippen molar-refractivity contribution < 1.29 is 14.7 Å². The van der Waals surface area contributed by atoms with Crippen molar-refractivity contribution in [2.75, 3.05) is 0 Å². The van der Waals surface area contributed by atoms with Crippen LogP contribution in [-0.2, 0) is 16.0 Å². The maximum atomic E-state index is 11.4. The summed E-state index contributed by atoms with van der Waals surface area (Å²) >= 11 is 5.86. The lowest BCUT2D eigenvalue weighted by atomic mass is 10.1. The maximum absolute atomic E-state index is 11.4. The van der Waals surface area contributed by atoms with E-state index in [1.165, 1.54) is 0 Å². The Labute approximate surface area is 117 Å². The summed E-state index contributed by atoms with van der Waals surface area (Å²) in [5, 5.41) is 12.2. The average Bonchev–Trinajstić information content (AvgIpc) is 2.34. The quantitative estimate of drug-likeness (QED) is 0.808. The number of carboxylic acid groups (broad SMARTS) is 1. The summed E-state index contributed by atoms with van der Waals surface area (Å²) in [6, 6.07) is 6.43. The molecule has 0 aromatic heterocycles. The third-order valence-corrected chi connectivity index (χ3v) is 2.96. The Bertz CT molecular complexity index is 448. The number of hydrogen-bond acceptors (Lipinski definition) is 2. The molecule has 19 heavy (non-hydrogen) atoms. The number of hydrogen-bond donors (Lipinski definition) is 2. The molecule has 0 spiro atoms. The Morgan fingerprint density at radius 1 is 1.42 bits per heavy atom. The second-order valence-electron chi connectivity index (χ2n) is 4.38. The number of amides is 1. The number of aliphatic carboxylic acids is 1. The van der Waals surface area contributed by atoms with E-state index < -0.39 is 12.0 Å². The van der Waals surface area contributed by atoms with Crippen LogP contribution in [0.4, 0.5) is 0 Å². The van der Waals surface area contributed by atoms with Crippen LogP contribution in [0.3, 0.4) is 0 Å². The molecule has 1 atom stereocenters. The van der Waals surface area contributed by atoms with E-state index in [0.29, 0.717) is 30.7 Å². The van der Waals surface area contributed by atoms with Crippen LogP contribution >= 0.6 is 11.6 Å². The topological polar surface area (TPSA) is 66.4 Å². The van der Waals surface area contributed by atoms with E-state index in [0.717, 1.165) is 5.56 Å². The first kappa shape index (κ1) is 15.5. The Balaban J connectivity index is 2.54. The SMILES string of the molecule is CCCC(=O)N[C@@H](CCc1cccc(Cl)c1)C(=O)O. The molecule has 5 heteroatoms. The molecule has 0 aliphatic rings. The van der Waals surface area contributed by atoms with Gasteiger partial charge in [0.15, 0.2) is 0 Å². The molecule has 1 amide bonds. The van der Waals surface area contributed by atoms with Crippen molar-refractivity contribution in [2.24, 2.45) is 0 Å². The van der Waals surface area contributed by atoms with Crippen LogP contribution < -0.4 is 5.32 Å². The highest BCUT2D eigenvalue weighted by atomic mass is 35.5. The lowest BCUT2D eigenvalue weighted by molar-refractivity contribution is -0.142. The summed E-state index contributed by atoms with van der Waals surface area (Å²) in [6.45, 7) is 1.88. The Kier molecular flexibility index (Phi) is 6.36. The zero-order valence-electron chi connectivity index (χ0n) is 10.9. The van der Waals surface area contributed by atoms with Crippen LogP contribution in [0.2, 0.25) is 5.02 Å². The fraction of sp³-hybridized carbons (Fsp3) is 0.429. The van der Waals surface area contributed by atoms with Crippen molar-refractivity contribution in [3.05, 3.63) is 34.9 Å². The van der Waals surface area contributed by atoms with Crippen LogP contribution in [0.15, 0.2) is 24.3 Å². The molecule has 0 radical (unpaired) electrons. The summed E-state index contributed by atoms with van der Waals surface area (Å²) in [4.78, 5) is 22.5. The van der Waals surface area contributed by atoms with Crippen LogP contribution in [0.5, 0.6) is 0 Å². The number of nitrogens with one attached hydrogen (secondary N) is 1. The van der Waals surface area contributed by atoms with Crippen molar-refractivity contribution in [1.82, 2.24) is 5.32 Å². The number of carbonyl (C=O) groups excluding carboxylic acids is 1. The molecule has 0 saturated heterocycles. The largest absolute Gasteiger partial charge is 0.480 e. The minimum Gasteiger partial charge on any atom is -0.480 e. The fourth-order valence-corrected chi connectivity index (χ4v) is 1.97. The lowest BCUT2D eigenvalue weighted by Crippen LogP contribution is -2.40. The van der Waals surface area contributed by atoms with Crippen LogP contribution in [0.25, 0.3) is 0 Å². The number of benzene rings is 1. The third kappa shape index (κ3) is 5.75. The van der Waals surface area contributed by atoms with Gasteiger partial charge in [0.1, 0.15) is 6.04 Å². The van der Waals surface area contributed by atoms with Crippen molar-refractivity contribution >= 4 is 23.5 Å². The normalized spacial score (nSPS) is 11.9. The molecular formula is C14H18ClNO3. The molecule has 1 aromatic rings. The smallest absolute Gasteiger partial charge is 0.326 e. The molecule has 0 aliphatic carbocycles. The van der Waals surface area contributed by atoms with Gasteiger partial charge in [0, 0.05) is 11.4 Å². The van der Waals surface area contributed by atoms with Gasteiger partial charge in [-0.3, -0.25) is 4.79 Å². The minimum absolute atomic E-state index is 0.221. The van der Waals surface area contributed by atoms with Crippen LogP contribution in [0, 0.1) is 0 Å². The van der Waals surface area contributed by atoms with Crippen molar-refractivity contribution in [3.8, 4) is 0 Å². The predicted octanol–water partition coefficient (Wildman–Crippen LogP) is 2.64. The van der Waals surface area contributed by atoms with E-state index in [-0.39, 0.29) is 5.91 Å². The molecule has 0 heterocycles. The van der Waals surface area contributed by atoms with Crippen molar-refractivity contribution in [1.29, 1.82) is 0 Å². The zero-order valence-corrected chi connectivity index (χ0v) is 11.6. The van der Waals surface area contributed by atoms with Gasteiger partial charge in [-0.15, -0.1) is 0 Å². The molecule has 0 bridgehead atoms. The molecule has 1 aromatic carbocycles. The van der Waals surface area contributed by atoms with Gasteiger partial charge in [0.05, 0.1) is 0 Å². The summed E-state index contributed by atoms with van der Waals surface area (Å²) in [5.74, 6) is -1.23. The first-order valence-electron chi connectivity index (χ1n) is 6.29. The minimum atomic E-state index is -1.01. The summed E-state index contributed by atoms with van der Waals surface area (Å²) in [7, 11) is 0. The number of aryl methyl sites for hydroxylation is 1. The van der Waals surface area contributed by atoms with E-state index in [9.17, 15) is 9.59 Å². The van der Waals surface area contributed by atoms with Gasteiger partial charge in [-0.2, -0.15) is 0 Å². The van der Waals surface area contributed by atoms with Crippen LogP contribution in [-0.4, -0.2) is 23.0 Å². The molecule has 0 fully saturated rings. The summed E-state index contributed by atoms with van der Waals surface area (Å²) < 4.78 is 0. The first-order chi connectivity index (χ1) is 9.02. The summed E-state index contributed by atoms with van der Waals surface area (Å²) in [5.41, 5.74) is 0.962. The lowest BCUT2D eigenvalue weighted by Gasteiger charge is -2.14. The van der Waals surface area contributed by atoms with E-state index in [4.69, 9.17) is 16.7 Å². The number of rotatable bonds is 7. The van der Waals surface area contributed by atoms with E-state index in [1.807, 2.05) is 19.1 Å². The molecule has 1 rings (SSSR count). The molecule has 4 nitrogen and oxygen atoms in total. The molecule has 0 aliphatic heterocycles. The molecule has 104 valence electrons. The van der Waals surface area contributed by atoms with Gasteiger partial charge in [-0.25, -0.2) is 4.79 Å². The first-order valence-corrected chi connectivity index (χ1v) is 6.67. The number of halogens is 1. The number of carboxylic acids is 1. The zero-order chi connectivity index (χ0) is 14.3.